The van der Waals surface area contributed by atoms with E-state index >= 15 is 0 Å². The average molecular weight is 269 g/mol. The molecule has 0 aliphatic carbocycles. The molecule has 0 saturated heterocycles. The first kappa shape index (κ1) is 15.9. The number of hydrogen-bond donors (Lipinski definition) is 1. The summed E-state index contributed by atoms with van der Waals surface area (Å²) in [5, 5.41) is 3.41. The molecule has 1 aromatic rings. The first-order valence-corrected chi connectivity index (χ1v) is 6.76. The number of methoxy groups -OCH3 is 2. The molecule has 0 saturated carbocycles. The van der Waals surface area contributed by atoms with E-state index in [1.807, 2.05) is 12.1 Å². The lowest BCUT2D eigenvalue weighted by Crippen LogP contribution is -2.34. The molecular weight excluding hydrogens is 245 g/mol. The van der Waals surface area contributed by atoms with Gasteiger partial charge in [-0.05, 0) is 37.4 Å². The molecule has 0 spiro atoms. The van der Waals surface area contributed by atoms with Crippen LogP contribution in [0, 0.1) is 5.82 Å². The molecule has 1 rings (SSSR count). The number of halogens is 1. The molecule has 3 nitrogen and oxygen atoms in total. The van der Waals surface area contributed by atoms with Crippen LogP contribution in [0.3, 0.4) is 0 Å². The van der Waals surface area contributed by atoms with Gasteiger partial charge in [0.05, 0.1) is 13.7 Å². The number of ether oxygens (including phenoxy) is 2. The molecule has 0 bridgehead atoms. The van der Waals surface area contributed by atoms with Crippen molar-refractivity contribution in [1.29, 1.82) is 0 Å². The second kappa shape index (κ2) is 8.88. The average Bonchev–Trinajstić information content (AvgIpc) is 2.43. The van der Waals surface area contributed by atoms with Crippen LogP contribution in [0.1, 0.15) is 25.3 Å². The van der Waals surface area contributed by atoms with Crippen molar-refractivity contribution in [3.05, 3.63) is 29.6 Å². The molecule has 108 valence electrons. The van der Waals surface area contributed by atoms with E-state index in [9.17, 15) is 4.39 Å². The summed E-state index contributed by atoms with van der Waals surface area (Å²) in [6.45, 7) is 3.72. The molecule has 0 amide bonds. The molecule has 19 heavy (non-hydrogen) atoms. The van der Waals surface area contributed by atoms with Crippen molar-refractivity contribution in [2.24, 2.45) is 0 Å². The van der Waals surface area contributed by atoms with Gasteiger partial charge in [0.2, 0.25) is 0 Å². The Bertz CT molecular complexity index is 371. The fourth-order valence-corrected chi connectivity index (χ4v) is 2.03. The van der Waals surface area contributed by atoms with Crippen molar-refractivity contribution in [1.82, 2.24) is 5.32 Å². The highest BCUT2D eigenvalue weighted by Crippen LogP contribution is 2.21. The lowest BCUT2D eigenvalue weighted by Gasteiger charge is -2.18. The minimum Gasteiger partial charge on any atom is -0.494 e. The van der Waals surface area contributed by atoms with Crippen LogP contribution in [0.25, 0.3) is 0 Å². The maximum absolute atomic E-state index is 14.0. The predicted octanol–water partition coefficient (Wildman–Crippen LogP) is 2.78. The zero-order valence-corrected chi connectivity index (χ0v) is 12.0. The Morgan fingerprint density at radius 2 is 2.11 bits per heavy atom. The highest BCUT2D eigenvalue weighted by molar-refractivity contribution is 5.31. The maximum Gasteiger partial charge on any atom is 0.168 e. The smallest absolute Gasteiger partial charge is 0.168 e. The van der Waals surface area contributed by atoms with Gasteiger partial charge in [0.25, 0.3) is 0 Å². The van der Waals surface area contributed by atoms with Crippen LogP contribution in [0.4, 0.5) is 4.39 Å². The Hall–Kier alpha value is -1.13. The predicted molar refractivity (Wildman–Crippen MR) is 75.2 cm³/mol. The van der Waals surface area contributed by atoms with Crippen LogP contribution < -0.4 is 10.1 Å². The van der Waals surface area contributed by atoms with Gasteiger partial charge in [-0.2, -0.15) is 0 Å². The normalized spacial score (nSPS) is 12.4. The Kier molecular flexibility index (Phi) is 7.45. The van der Waals surface area contributed by atoms with E-state index in [0.717, 1.165) is 19.4 Å². The summed E-state index contributed by atoms with van der Waals surface area (Å²) < 4.78 is 24.2. The Labute approximate surface area is 115 Å². The van der Waals surface area contributed by atoms with Crippen LogP contribution in [0.2, 0.25) is 0 Å². The largest absolute Gasteiger partial charge is 0.494 e. The summed E-state index contributed by atoms with van der Waals surface area (Å²) in [7, 11) is 3.17. The Morgan fingerprint density at radius 3 is 2.74 bits per heavy atom. The molecule has 1 unspecified atom stereocenters. The standard InChI is InChI=1S/C15H24FNO2/c1-4-10-17-13(11-18-2)9-8-12-6-5-7-14(19-3)15(12)16/h5-7,13,17H,4,8-11H2,1-3H3. The van der Waals surface area contributed by atoms with Gasteiger partial charge in [0, 0.05) is 13.2 Å². The molecule has 1 atom stereocenters. The van der Waals surface area contributed by atoms with Crippen LogP contribution >= 0.6 is 0 Å². The Morgan fingerprint density at radius 1 is 1.32 bits per heavy atom. The molecule has 0 heterocycles. The number of aryl methyl sites for hydroxylation is 1. The minimum absolute atomic E-state index is 0.253. The summed E-state index contributed by atoms with van der Waals surface area (Å²) in [5.41, 5.74) is 0.693. The molecule has 0 aromatic heterocycles. The van der Waals surface area contributed by atoms with Gasteiger partial charge in [-0.25, -0.2) is 4.39 Å². The summed E-state index contributed by atoms with van der Waals surface area (Å²) in [6, 6.07) is 5.53. The van der Waals surface area contributed by atoms with E-state index in [1.54, 1.807) is 13.2 Å². The molecule has 0 aliphatic heterocycles. The fraction of sp³-hybridized carbons (Fsp3) is 0.600. The van der Waals surface area contributed by atoms with Gasteiger partial charge in [-0.1, -0.05) is 19.1 Å². The zero-order valence-electron chi connectivity index (χ0n) is 12.0. The second-order valence-corrected chi connectivity index (χ2v) is 4.58. The molecule has 1 aromatic carbocycles. The van der Waals surface area contributed by atoms with E-state index in [1.165, 1.54) is 7.11 Å². The van der Waals surface area contributed by atoms with Gasteiger partial charge in [0.1, 0.15) is 0 Å². The van der Waals surface area contributed by atoms with Gasteiger partial charge < -0.3 is 14.8 Å². The van der Waals surface area contributed by atoms with Crippen molar-refractivity contribution in [3.63, 3.8) is 0 Å². The third-order valence-electron chi connectivity index (χ3n) is 3.08. The lowest BCUT2D eigenvalue weighted by atomic mass is 10.0. The van der Waals surface area contributed by atoms with Gasteiger partial charge in [0.15, 0.2) is 11.6 Å². The number of benzene rings is 1. The monoisotopic (exact) mass is 269 g/mol. The number of nitrogens with one attached hydrogen (secondary N) is 1. The lowest BCUT2D eigenvalue weighted by molar-refractivity contribution is 0.162. The van der Waals surface area contributed by atoms with Gasteiger partial charge in [-0.15, -0.1) is 0 Å². The van der Waals surface area contributed by atoms with E-state index in [0.29, 0.717) is 24.3 Å². The number of rotatable bonds is 9. The van der Waals surface area contributed by atoms with Crippen LogP contribution in [-0.2, 0) is 11.2 Å². The summed E-state index contributed by atoms with van der Waals surface area (Å²) in [5.74, 6) is 0.0546. The van der Waals surface area contributed by atoms with E-state index < -0.39 is 0 Å². The third-order valence-corrected chi connectivity index (χ3v) is 3.08. The topological polar surface area (TPSA) is 30.5 Å². The van der Waals surface area contributed by atoms with Crippen molar-refractivity contribution in [2.45, 2.75) is 32.2 Å². The van der Waals surface area contributed by atoms with Crippen LogP contribution in [0.5, 0.6) is 5.75 Å². The summed E-state index contributed by atoms with van der Waals surface area (Å²) in [6.07, 6.45) is 2.60. The van der Waals surface area contributed by atoms with E-state index in [2.05, 4.69) is 12.2 Å². The molecule has 0 fully saturated rings. The second-order valence-electron chi connectivity index (χ2n) is 4.58. The molecular formula is C15H24FNO2. The van der Waals surface area contributed by atoms with Crippen LogP contribution in [0.15, 0.2) is 18.2 Å². The van der Waals surface area contributed by atoms with E-state index in [-0.39, 0.29) is 11.9 Å². The minimum atomic E-state index is -0.253. The first-order chi connectivity index (χ1) is 9.22. The maximum atomic E-state index is 14.0. The first-order valence-electron chi connectivity index (χ1n) is 6.76. The highest BCUT2D eigenvalue weighted by atomic mass is 19.1. The van der Waals surface area contributed by atoms with E-state index in [4.69, 9.17) is 9.47 Å². The molecule has 4 heteroatoms. The molecule has 0 aliphatic rings. The van der Waals surface area contributed by atoms with Crippen molar-refractivity contribution in [2.75, 3.05) is 27.4 Å². The van der Waals surface area contributed by atoms with Crippen molar-refractivity contribution >= 4 is 0 Å². The summed E-state index contributed by atoms with van der Waals surface area (Å²) in [4.78, 5) is 0. The third kappa shape index (κ3) is 5.17. The van der Waals surface area contributed by atoms with Gasteiger partial charge >= 0.3 is 0 Å². The highest BCUT2D eigenvalue weighted by Gasteiger charge is 2.12. The fourth-order valence-electron chi connectivity index (χ4n) is 2.03. The Balaban J connectivity index is 2.58. The number of hydrogen-bond acceptors (Lipinski definition) is 3. The van der Waals surface area contributed by atoms with Gasteiger partial charge in [-0.3, -0.25) is 0 Å². The summed E-state index contributed by atoms with van der Waals surface area (Å²) >= 11 is 0. The SMILES string of the molecule is CCCNC(CCc1cccc(OC)c1F)COC. The molecule has 1 N–H and O–H groups in total. The van der Waals surface area contributed by atoms with Crippen LogP contribution in [-0.4, -0.2) is 33.4 Å². The zero-order chi connectivity index (χ0) is 14.1. The van der Waals surface area contributed by atoms with Crippen molar-refractivity contribution < 1.29 is 13.9 Å². The molecule has 0 radical (unpaired) electrons. The quantitative estimate of drug-likeness (QED) is 0.748. The van der Waals surface area contributed by atoms with Crippen molar-refractivity contribution in [3.8, 4) is 5.75 Å².